The summed E-state index contributed by atoms with van der Waals surface area (Å²) in [4.78, 5) is 16.4. The first kappa shape index (κ1) is 15.1. The molecule has 22 heavy (non-hydrogen) atoms. The average molecular weight is 366 g/mol. The highest BCUT2D eigenvalue weighted by atomic mass is 79.9. The number of hydrogen-bond acceptors (Lipinski definition) is 5. The Balaban J connectivity index is 1.68. The molecule has 0 saturated carbocycles. The molecular formula is C14H16BrN5O2. The van der Waals surface area contributed by atoms with Crippen LogP contribution in [0.4, 0.5) is 5.82 Å². The fourth-order valence-electron chi connectivity index (χ4n) is 2.21. The fourth-order valence-corrected chi connectivity index (χ4v) is 2.77. The van der Waals surface area contributed by atoms with Crippen LogP contribution in [-0.4, -0.2) is 39.1 Å². The predicted octanol–water partition coefficient (Wildman–Crippen LogP) is 2.03. The van der Waals surface area contributed by atoms with Gasteiger partial charge >= 0.3 is 0 Å². The summed E-state index contributed by atoms with van der Waals surface area (Å²) in [5.41, 5.74) is 1.34. The zero-order chi connectivity index (χ0) is 15.7. The summed E-state index contributed by atoms with van der Waals surface area (Å²) in [6.45, 7) is 6.13. The molecule has 1 saturated heterocycles. The summed E-state index contributed by atoms with van der Waals surface area (Å²) in [5, 5.41) is 10.6. The normalized spacial score (nSPS) is 16.1. The van der Waals surface area contributed by atoms with E-state index in [1.54, 1.807) is 17.1 Å². The van der Waals surface area contributed by atoms with Crippen LogP contribution in [0.3, 0.4) is 0 Å². The monoisotopic (exact) mass is 365 g/mol. The third-order valence-electron chi connectivity index (χ3n) is 3.43. The number of nitrogens with one attached hydrogen (secondary N) is 1. The average Bonchev–Trinajstić information content (AvgIpc) is 2.88. The molecule has 116 valence electrons. The first-order valence-electron chi connectivity index (χ1n) is 6.87. The second kappa shape index (κ2) is 5.77. The summed E-state index contributed by atoms with van der Waals surface area (Å²) in [7, 11) is 0. The standard InChI is InChI=1S/C14H16BrN5O2/c1-9-3-10(15)12(16-4-9)17-13(21)11-5-20(19-18-11)6-14(2)7-22-8-14/h3-5H,6-8H2,1-2H3,(H,16,17,21). The van der Waals surface area contributed by atoms with Gasteiger partial charge in [-0.1, -0.05) is 12.1 Å². The van der Waals surface area contributed by atoms with Crippen LogP contribution in [0.15, 0.2) is 22.9 Å². The second-order valence-electron chi connectivity index (χ2n) is 5.90. The molecule has 2 aromatic rings. The molecule has 2 aromatic heterocycles. The van der Waals surface area contributed by atoms with Crippen LogP contribution < -0.4 is 5.32 Å². The van der Waals surface area contributed by atoms with Gasteiger partial charge in [0.2, 0.25) is 0 Å². The Morgan fingerprint density at radius 1 is 1.55 bits per heavy atom. The highest BCUT2D eigenvalue weighted by Crippen LogP contribution is 2.28. The second-order valence-corrected chi connectivity index (χ2v) is 6.76. The lowest BCUT2D eigenvalue weighted by atomic mass is 9.89. The highest BCUT2D eigenvalue weighted by Gasteiger charge is 2.34. The van der Waals surface area contributed by atoms with E-state index in [9.17, 15) is 4.79 Å². The number of ether oxygens (including phenoxy) is 1. The van der Waals surface area contributed by atoms with E-state index in [-0.39, 0.29) is 17.0 Å². The van der Waals surface area contributed by atoms with E-state index in [0.29, 0.717) is 25.6 Å². The molecule has 0 aliphatic carbocycles. The Bertz CT molecular complexity index is 711. The smallest absolute Gasteiger partial charge is 0.279 e. The number of hydrogen-bond donors (Lipinski definition) is 1. The third kappa shape index (κ3) is 3.17. The van der Waals surface area contributed by atoms with Gasteiger partial charge < -0.3 is 10.1 Å². The number of aryl methyl sites for hydroxylation is 1. The molecule has 0 unspecified atom stereocenters. The number of carbonyl (C=O) groups excluding carboxylic acids is 1. The Morgan fingerprint density at radius 3 is 2.95 bits per heavy atom. The van der Waals surface area contributed by atoms with Gasteiger partial charge in [0.15, 0.2) is 5.69 Å². The van der Waals surface area contributed by atoms with E-state index in [2.05, 4.69) is 43.5 Å². The Labute approximate surface area is 136 Å². The quantitative estimate of drug-likeness (QED) is 0.896. The van der Waals surface area contributed by atoms with Gasteiger partial charge in [-0.05, 0) is 34.5 Å². The Kier molecular flexibility index (Phi) is 3.96. The number of nitrogens with zero attached hydrogens (tertiary/aromatic N) is 4. The molecule has 1 amide bonds. The molecule has 8 heteroatoms. The highest BCUT2D eigenvalue weighted by molar-refractivity contribution is 9.10. The van der Waals surface area contributed by atoms with E-state index in [1.165, 1.54) is 0 Å². The van der Waals surface area contributed by atoms with Crippen molar-refractivity contribution < 1.29 is 9.53 Å². The lowest BCUT2D eigenvalue weighted by molar-refractivity contribution is -0.111. The summed E-state index contributed by atoms with van der Waals surface area (Å²) in [5.74, 6) is 0.128. The summed E-state index contributed by atoms with van der Waals surface area (Å²) in [6, 6.07) is 1.89. The number of carbonyl (C=O) groups is 1. The number of aromatic nitrogens is 4. The molecule has 1 fully saturated rings. The molecular weight excluding hydrogens is 350 g/mol. The van der Waals surface area contributed by atoms with Crippen LogP contribution in [0.1, 0.15) is 23.0 Å². The number of amides is 1. The molecule has 7 nitrogen and oxygen atoms in total. The van der Waals surface area contributed by atoms with Crippen LogP contribution in [-0.2, 0) is 11.3 Å². The molecule has 3 rings (SSSR count). The van der Waals surface area contributed by atoms with Gasteiger partial charge in [0.25, 0.3) is 5.91 Å². The minimum absolute atomic E-state index is 0.0724. The number of halogens is 1. The largest absolute Gasteiger partial charge is 0.380 e. The van der Waals surface area contributed by atoms with Crippen molar-refractivity contribution in [2.75, 3.05) is 18.5 Å². The van der Waals surface area contributed by atoms with Crippen molar-refractivity contribution in [3.63, 3.8) is 0 Å². The van der Waals surface area contributed by atoms with Gasteiger partial charge in [-0.2, -0.15) is 0 Å². The van der Waals surface area contributed by atoms with Gasteiger partial charge in [-0.15, -0.1) is 5.10 Å². The molecule has 1 aliphatic rings. The summed E-state index contributed by atoms with van der Waals surface area (Å²) < 4.78 is 7.62. The van der Waals surface area contributed by atoms with Crippen molar-refractivity contribution >= 4 is 27.7 Å². The maximum Gasteiger partial charge on any atom is 0.279 e. The SMILES string of the molecule is Cc1cnc(NC(=O)c2cn(CC3(C)COC3)nn2)c(Br)c1. The van der Waals surface area contributed by atoms with Crippen LogP contribution in [0.5, 0.6) is 0 Å². The number of rotatable bonds is 4. The van der Waals surface area contributed by atoms with Crippen molar-refractivity contribution in [1.29, 1.82) is 0 Å². The lowest BCUT2D eigenvalue weighted by Crippen LogP contribution is -2.43. The van der Waals surface area contributed by atoms with Gasteiger partial charge in [-0.3, -0.25) is 9.48 Å². The molecule has 1 N–H and O–H groups in total. The van der Waals surface area contributed by atoms with Crippen molar-refractivity contribution in [3.8, 4) is 0 Å². The van der Waals surface area contributed by atoms with Crippen LogP contribution in [0, 0.1) is 12.3 Å². The number of pyridine rings is 1. The maximum atomic E-state index is 12.2. The van der Waals surface area contributed by atoms with Gasteiger partial charge in [-0.25, -0.2) is 4.98 Å². The van der Waals surface area contributed by atoms with E-state index in [0.717, 1.165) is 10.0 Å². The van der Waals surface area contributed by atoms with E-state index in [4.69, 9.17) is 4.74 Å². The lowest BCUT2D eigenvalue weighted by Gasteiger charge is -2.37. The van der Waals surface area contributed by atoms with Crippen molar-refractivity contribution in [3.05, 3.63) is 34.2 Å². The van der Waals surface area contributed by atoms with Crippen molar-refractivity contribution in [1.82, 2.24) is 20.0 Å². The van der Waals surface area contributed by atoms with Crippen molar-refractivity contribution in [2.24, 2.45) is 5.41 Å². The first-order valence-corrected chi connectivity index (χ1v) is 7.66. The van der Waals surface area contributed by atoms with Gasteiger partial charge in [0, 0.05) is 11.6 Å². The van der Waals surface area contributed by atoms with Gasteiger partial charge in [0.1, 0.15) is 5.82 Å². The van der Waals surface area contributed by atoms with E-state index in [1.807, 2.05) is 13.0 Å². The molecule has 0 radical (unpaired) electrons. The zero-order valence-electron chi connectivity index (χ0n) is 12.3. The molecule has 0 atom stereocenters. The van der Waals surface area contributed by atoms with Crippen LogP contribution in [0.25, 0.3) is 0 Å². The third-order valence-corrected chi connectivity index (χ3v) is 4.03. The zero-order valence-corrected chi connectivity index (χ0v) is 13.9. The minimum Gasteiger partial charge on any atom is -0.380 e. The summed E-state index contributed by atoms with van der Waals surface area (Å²) in [6.07, 6.45) is 3.33. The van der Waals surface area contributed by atoms with E-state index < -0.39 is 0 Å². The fraction of sp³-hybridized carbons (Fsp3) is 0.429. The van der Waals surface area contributed by atoms with E-state index >= 15 is 0 Å². The van der Waals surface area contributed by atoms with Gasteiger partial charge in [0.05, 0.1) is 30.4 Å². The van der Waals surface area contributed by atoms with Crippen LogP contribution in [0.2, 0.25) is 0 Å². The Hall–Kier alpha value is -1.80. The minimum atomic E-state index is -0.335. The molecule has 0 aromatic carbocycles. The maximum absolute atomic E-state index is 12.2. The molecule has 0 spiro atoms. The molecule has 0 bridgehead atoms. The number of anilines is 1. The predicted molar refractivity (Wildman–Crippen MR) is 83.6 cm³/mol. The Morgan fingerprint density at radius 2 is 2.32 bits per heavy atom. The summed E-state index contributed by atoms with van der Waals surface area (Å²) >= 11 is 3.38. The van der Waals surface area contributed by atoms with Crippen molar-refractivity contribution in [2.45, 2.75) is 20.4 Å². The van der Waals surface area contributed by atoms with Crippen LogP contribution >= 0.6 is 15.9 Å². The molecule has 1 aliphatic heterocycles. The first-order chi connectivity index (χ1) is 10.5. The molecule has 3 heterocycles. The topological polar surface area (TPSA) is 81.9 Å².